The third kappa shape index (κ3) is 5.74. The first-order valence-corrected chi connectivity index (χ1v) is 7.73. The van der Waals surface area contributed by atoms with E-state index in [4.69, 9.17) is 16.0 Å². The van der Waals surface area contributed by atoms with Gasteiger partial charge in [0.05, 0.1) is 11.6 Å². The van der Waals surface area contributed by atoms with E-state index < -0.39 is 0 Å². The Morgan fingerprint density at radius 2 is 1.86 bits per heavy atom. The molecule has 0 unspecified atom stereocenters. The van der Waals surface area contributed by atoms with Crippen LogP contribution in [0, 0.1) is 0 Å². The van der Waals surface area contributed by atoms with Gasteiger partial charge in [-0.25, -0.2) is 0 Å². The number of hydrogen-bond donors (Lipinski definition) is 1. The Balaban J connectivity index is 0.00000220. The normalized spacial score (nSPS) is 10.4. The van der Waals surface area contributed by atoms with Crippen LogP contribution in [-0.2, 0) is 6.54 Å². The van der Waals surface area contributed by atoms with Crippen LogP contribution in [0.4, 0.5) is 0 Å². The van der Waals surface area contributed by atoms with Gasteiger partial charge in [0.15, 0.2) is 0 Å². The molecule has 0 atom stereocenters. The van der Waals surface area contributed by atoms with Gasteiger partial charge in [-0.1, -0.05) is 49.9 Å². The fourth-order valence-corrected chi connectivity index (χ4v) is 2.40. The predicted molar refractivity (Wildman–Crippen MR) is 92.3 cm³/mol. The Morgan fingerprint density at radius 1 is 1.05 bits per heavy atom. The van der Waals surface area contributed by atoms with Crippen molar-refractivity contribution in [3.8, 4) is 11.3 Å². The van der Waals surface area contributed by atoms with Crippen molar-refractivity contribution in [2.75, 3.05) is 6.54 Å². The molecule has 0 bridgehead atoms. The van der Waals surface area contributed by atoms with Crippen LogP contribution in [0.5, 0.6) is 0 Å². The number of furan rings is 1. The first kappa shape index (κ1) is 18.1. The van der Waals surface area contributed by atoms with Gasteiger partial charge in [0.2, 0.25) is 0 Å². The molecule has 0 saturated carbocycles. The maximum atomic E-state index is 6.17. The maximum absolute atomic E-state index is 6.17. The summed E-state index contributed by atoms with van der Waals surface area (Å²) in [5.74, 6) is 1.79. The van der Waals surface area contributed by atoms with E-state index in [9.17, 15) is 0 Å². The summed E-state index contributed by atoms with van der Waals surface area (Å²) in [5.41, 5.74) is 0.948. The highest BCUT2D eigenvalue weighted by Gasteiger charge is 2.07. The smallest absolute Gasteiger partial charge is 0.135 e. The Labute approximate surface area is 138 Å². The summed E-state index contributed by atoms with van der Waals surface area (Å²) in [6, 6.07) is 11.7. The van der Waals surface area contributed by atoms with E-state index in [1.165, 1.54) is 25.7 Å². The highest BCUT2D eigenvalue weighted by molar-refractivity contribution is 6.33. The molecule has 0 aliphatic rings. The van der Waals surface area contributed by atoms with Crippen LogP contribution in [-0.4, -0.2) is 6.54 Å². The lowest BCUT2D eigenvalue weighted by molar-refractivity contribution is 0.487. The summed E-state index contributed by atoms with van der Waals surface area (Å²) in [5, 5.41) is 4.14. The summed E-state index contributed by atoms with van der Waals surface area (Å²) >= 11 is 6.17. The summed E-state index contributed by atoms with van der Waals surface area (Å²) < 4.78 is 5.83. The van der Waals surface area contributed by atoms with Crippen LogP contribution < -0.4 is 5.32 Å². The minimum absolute atomic E-state index is 0. The molecule has 0 radical (unpaired) electrons. The lowest BCUT2D eigenvalue weighted by Crippen LogP contribution is -2.14. The Kier molecular flexibility index (Phi) is 8.51. The van der Waals surface area contributed by atoms with Gasteiger partial charge in [-0.05, 0) is 37.2 Å². The molecule has 0 amide bonds. The van der Waals surface area contributed by atoms with Gasteiger partial charge in [0.1, 0.15) is 11.5 Å². The Morgan fingerprint density at radius 3 is 2.62 bits per heavy atom. The first-order chi connectivity index (χ1) is 9.81. The number of halogens is 2. The quantitative estimate of drug-likeness (QED) is 0.630. The van der Waals surface area contributed by atoms with Gasteiger partial charge in [-0.2, -0.15) is 0 Å². The average molecular weight is 328 g/mol. The Bertz CT molecular complexity index is 525. The molecule has 0 saturated heterocycles. The van der Waals surface area contributed by atoms with Crippen LogP contribution in [0.25, 0.3) is 11.3 Å². The second-order valence-electron chi connectivity index (χ2n) is 4.98. The second kappa shape index (κ2) is 9.88. The van der Waals surface area contributed by atoms with E-state index in [1.54, 1.807) is 0 Å². The van der Waals surface area contributed by atoms with Gasteiger partial charge < -0.3 is 9.73 Å². The molecule has 116 valence electrons. The molecule has 1 aromatic carbocycles. The van der Waals surface area contributed by atoms with E-state index in [0.717, 1.165) is 35.2 Å². The average Bonchev–Trinajstić information content (AvgIpc) is 2.92. The molecule has 2 nitrogen and oxygen atoms in total. The van der Waals surface area contributed by atoms with Crippen molar-refractivity contribution >= 4 is 24.0 Å². The summed E-state index contributed by atoms with van der Waals surface area (Å²) in [4.78, 5) is 0. The molecule has 0 spiro atoms. The van der Waals surface area contributed by atoms with Crippen LogP contribution in [0.2, 0.25) is 5.02 Å². The number of nitrogens with one attached hydrogen (secondary N) is 1. The molecule has 4 heteroatoms. The fourth-order valence-electron chi connectivity index (χ4n) is 2.17. The van der Waals surface area contributed by atoms with Crippen molar-refractivity contribution in [1.82, 2.24) is 5.32 Å². The van der Waals surface area contributed by atoms with Crippen molar-refractivity contribution < 1.29 is 4.42 Å². The fraction of sp³-hybridized carbons (Fsp3) is 0.412. The Hall–Kier alpha value is -0.960. The molecule has 1 aromatic heterocycles. The highest BCUT2D eigenvalue weighted by Crippen LogP contribution is 2.28. The molecule has 2 rings (SSSR count). The minimum atomic E-state index is 0. The van der Waals surface area contributed by atoms with Gasteiger partial charge >= 0.3 is 0 Å². The third-order valence-corrected chi connectivity index (χ3v) is 3.64. The SMILES string of the molecule is CCCCCCNCc1ccc(-c2ccccc2Cl)o1.Cl. The van der Waals surface area contributed by atoms with Crippen LogP contribution in [0.3, 0.4) is 0 Å². The van der Waals surface area contributed by atoms with E-state index >= 15 is 0 Å². The molecule has 2 aromatic rings. The van der Waals surface area contributed by atoms with Crippen molar-refractivity contribution in [3.05, 3.63) is 47.2 Å². The van der Waals surface area contributed by atoms with E-state index in [1.807, 2.05) is 36.4 Å². The first-order valence-electron chi connectivity index (χ1n) is 7.35. The van der Waals surface area contributed by atoms with E-state index in [-0.39, 0.29) is 12.4 Å². The molecular weight excluding hydrogens is 305 g/mol. The number of rotatable bonds is 8. The lowest BCUT2D eigenvalue weighted by Gasteiger charge is -2.03. The predicted octanol–water partition coefficient (Wildman–Crippen LogP) is 5.69. The number of unbranched alkanes of at least 4 members (excludes halogenated alkanes) is 3. The van der Waals surface area contributed by atoms with Crippen molar-refractivity contribution in [2.45, 2.75) is 39.2 Å². The van der Waals surface area contributed by atoms with E-state index in [0.29, 0.717) is 0 Å². The molecule has 21 heavy (non-hydrogen) atoms. The lowest BCUT2D eigenvalue weighted by atomic mass is 10.2. The second-order valence-corrected chi connectivity index (χ2v) is 5.39. The zero-order chi connectivity index (χ0) is 14.2. The van der Waals surface area contributed by atoms with Gasteiger partial charge in [-0.3, -0.25) is 0 Å². The summed E-state index contributed by atoms with van der Waals surface area (Å²) in [6.45, 7) is 4.05. The van der Waals surface area contributed by atoms with Gasteiger partial charge in [0.25, 0.3) is 0 Å². The zero-order valence-electron chi connectivity index (χ0n) is 12.4. The summed E-state index contributed by atoms with van der Waals surface area (Å²) in [6.07, 6.45) is 5.12. The molecule has 0 aliphatic heterocycles. The van der Waals surface area contributed by atoms with Crippen LogP contribution >= 0.6 is 24.0 Å². The highest BCUT2D eigenvalue weighted by atomic mass is 35.5. The van der Waals surface area contributed by atoms with Gasteiger partial charge in [-0.15, -0.1) is 12.4 Å². The topological polar surface area (TPSA) is 25.2 Å². The van der Waals surface area contributed by atoms with E-state index in [2.05, 4.69) is 12.2 Å². The van der Waals surface area contributed by atoms with Crippen molar-refractivity contribution in [1.29, 1.82) is 0 Å². The largest absolute Gasteiger partial charge is 0.460 e. The molecule has 0 fully saturated rings. The molecule has 1 heterocycles. The number of benzene rings is 1. The molecular formula is C17H23Cl2NO. The minimum Gasteiger partial charge on any atom is -0.460 e. The van der Waals surface area contributed by atoms with Crippen molar-refractivity contribution in [3.63, 3.8) is 0 Å². The molecule has 1 N–H and O–H groups in total. The summed E-state index contributed by atoms with van der Waals surface area (Å²) in [7, 11) is 0. The number of hydrogen-bond acceptors (Lipinski definition) is 2. The monoisotopic (exact) mass is 327 g/mol. The zero-order valence-corrected chi connectivity index (χ0v) is 14.0. The van der Waals surface area contributed by atoms with Crippen LogP contribution in [0.1, 0.15) is 38.4 Å². The van der Waals surface area contributed by atoms with Crippen LogP contribution in [0.15, 0.2) is 40.8 Å². The van der Waals surface area contributed by atoms with Gasteiger partial charge in [0, 0.05) is 5.56 Å². The molecule has 0 aliphatic carbocycles. The maximum Gasteiger partial charge on any atom is 0.135 e. The third-order valence-electron chi connectivity index (χ3n) is 3.31. The van der Waals surface area contributed by atoms with Crippen molar-refractivity contribution in [2.24, 2.45) is 0 Å². The standard InChI is InChI=1S/C17H22ClNO.ClH/c1-2-3-4-7-12-19-13-14-10-11-17(20-14)15-8-5-6-9-16(15)18;/h5-6,8-11,19H,2-4,7,12-13H2,1H3;1H.